The van der Waals surface area contributed by atoms with Crippen LogP contribution < -0.4 is 0 Å². The topological polar surface area (TPSA) is 87.5 Å². The van der Waals surface area contributed by atoms with Crippen molar-refractivity contribution in [3.8, 4) is 6.07 Å². The van der Waals surface area contributed by atoms with Crippen LogP contribution in [0.3, 0.4) is 0 Å². The molecule has 0 fully saturated rings. The molecule has 0 atom stereocenters. The molecule has 0 aliphatic heterocycles. The van der Waals surface area contributed by atoms with Crippen LogP contribution in [0.5, 0.6) is 0 Å². The van der Waals surface area contributed by atoms with Gasteiger partial charge in [-0.3, -0.25) is 0 Å². The fourth-order valence-corrected chi connectivity index (χ4v) is 4.36. The first-order chi connectivity index (χ1) is 11.4. The molecular formula is C18H26N2O4S. The van der Waals surface area contributed by atoms with Crippen molar-refractivity contribution < 1.29 is 17.9 Å². The summed E-state index contributed by atoms with van der Waals surface area (Å²) in [5.74, 6) is 0. The van der Waals surface area contributed by atoms with Gasteiger partial charge in [-0.25, -0.2) is 17.5 Å². The van der Waals surface area contributed by atoms with Gasteiger partial charge in [0.25, 0.3) is 10.0 Å². The third-order valence-corrected chi connectivity index (χ3v) is 5.47. The zero-order valence-corrected chi connectivity index (χ0v) is 16.5. The summed E-state index contributed by atoms with van der Waals surface area (Å²) in [7, 11) is -4.08. The molecule has 0 saturated carbocycles. The largest absolute Gasteiger partial charge is 0.443 e. The quantitative estimate of drug-likeness (QED) is 0.739. The SMILES string of the molecule is Cc1cc(C)c(S(=O)(=O)N(CCCC#N)C(=O)OC(C)(C)C)c(C)c1. The van der Waals surface area contributed by atoms with E-state index in [1.165, 1.54) is 0 Å². The van der Waals surface area contributed by atoms with Crippen LogP contribution in [0, 0.1) is 32.1 Å². The molecule has 0 radical (unpaired) electrons. The number of nitrogens with zero attached hydrogens (tertiary/aromatic N) is 2. The van der Waals surface area contributed by atoms with Gasteiger partial charge in [-0.2, -0.15) is 5.26 Å². The number of ether oxygens (including phenoxy) is 1. The average molecular weight is 366 g/mol. The third kappa shape index (κ3) is 5.46. The number of amides is 1. The Balaban J connectivity index is 3.37. The molecule has 0 saturated heterocycles. The van der Waals surface area contributed by atoms with Gasteiger partial charge in [0.15, 0.2) is 0 Å². The number of benzene rings is 1. The van der Waals surface area contributed by atoms with E-state index in [9.17, 15) is 13.2 Å². The van der Waals surface area contributed by atoms with E-state index >= 15 is 0 Å². The molecular weight excluding hydrogens is 340 g/mol. The van der Waals surface area contributed by atoms with Crippen LogP contribution in [-0.2, 0) is 14.8 Å². The lowest BCUT2D eigenvalue weighted by Crippen LogP contribution is -2.41. The highest BCUT2D eigenvalue weighted by Crippen LogP contribution is 2.27. The molecule has 0 aliphatic carbocycles. The van der Waals surface area contributed by atoms with Crippen LogP contribution in [0.4, 0.5) is 4.79 Å². The molecule has 0 heterocycles. The molecule has 6 nitrogen and oxygen atoms in total. The minimum atomic E-state index is -4.08. The Bertz CT molecular complexity index is 763. The van der Waals surface area contributed by atoms with Crippen molar-refractivity contribution in [1.29, 1.82) is 5.26 Å². The van der Waals surface area contributed by atoms with Crippen LogP contribution in [0.1, 0.15) is 50.3 Å². The van der Waals surface area contributed by atoms with Crippen molar-refractivity contribution in [2.75, 3.05) is 6.54 Å². The van der Waals surface area contributed by atoms with Gasteiger partial charge in [-0.1, -0.05) is 17.7 Å². The normalized spacial score (nSPS) is 11.7. The molecule has 1 amide bonds. The summed E-state index contributed by atoms with van der Waals surface area (Å²) in [5.41, 5.74) is 1.28. The summed E-state index contributed by atoms with van der Waals surface area (Å²) in [6.07, 6.45) is -0.524. The van der Waals surface area contributed by atoms with Crippen molar-refractivity contribution in [1.82, 2.24) is 4.31 Å². The molecule has 0 N–H and O–H groups in total. The van der Waals surface area contributed by atoms with E-state index in [-0.39, 0.29) is 24.3 Å². The lowest BCUT2D eigenvalue weighted by atomic mass is 10.1. The van der Waals surface area contributed by atoms with Gasteiger partial charge in [-0.15, -0.1) is 0 Å². The second kappa shape index (κ2) is 7.87. The number of unbranched alkanes of at least 4 members (excludes halogenated alkanes) is 1. The first-order valence-corrected chi connectivity index (χ1v) is 9.54. The van der Waals surface area contributed by atoms with Crippen LogP contribution in [-0.4, -0.2) is 31.0 Å². The van der Waals surface area contributed by atoms with Gasteiger partial charge in [0.2, 0.25) is 0 Å². The Morgan fingerprint density at radius 1 is 1.20 bits per heavy atom. The van der Waals surface area contributed by atoms with Crippen molar-refractivity contribution in [3.63, 3.8) is 0 Å². The summed E-state index contributed by atoms with van der Waals surface area (Å²) in [6, 6.07) is 5.49. The predicted octanol–water partition coefficient (Wildman–Crippen LogP) is 3.84. The second-order valence-electron chi connectivity index (χ2n) is 7.05. The molecule has 0 spiro atoms. The highest BCUT2D eigenvalue weighted by molar-refractivity contribution is 7.89. The Morgan fingerprint density at radius 2 is 1.72 bits per heavy atom. The molecule has 1 rings (SSSR count). The Hall–Kier alpha value is -2.07. The highest BCUT2D eigenvalue weighted by Gasteiger charge is 2.34. The predicted molar refractivity (Wildman–Crippen MR) is 95.6 cm³/mol. The van der Waals surface area contributed by atoms with Gasteiger partial charge in [-0.05, 0) is 59.1 Å². The van der Waals surface area contributed by atoms with Crippen molar-refractivity contribution in [3.05, 3.63) is 28.8 Å². The second-order valence-corrected chi connectivity index (χ2v) is 8.85. The van der Waals surface area contributed by atoms with E-state index < -0.39 is 21.7 Å². The van der Waals surface area contributed by atoms with Gasteiger partial charge in [0.05, 0.1) is 11.0 Å². The number of carbonyl (C=O) groups is 1. The molecule has 138 valence electrons. The maximum atomic E-state index is 13.1. The molecule has 1 aromatic carbocycles. The maximum absolute atomic E-state index is 13.1. The number of rotatable bonds is 5. The third-order valence-electron chi connectivity index (χ3n) is 3.40. The molecule has 0 aromatic heterocycles. The molecule has 0 aliphatic rings. The molecule has 7 heteroatoms. The number of hydrogen-bond donors (Lipinski definition) is 0. The van der Waals surface area contributed by atoms with Crippen LogP contribution >= 0.6 is 0 Å². The summed E-state index contributed by atoms with van der Waals surface area (Å²) in [6.45, 7) is 10.2. The van der Waals surface area contributed by atoms with Crippen molar-refractivity contribution in [2.24, 2.45) is 0 Å². The van der Waals surface area contributed by atoms with Crippen LogP contribution in [0.25, 0.3) is 0 Å². The number of nitriles is 1. The minimum Gasteiger partial charge on any atom is -0.443 e. The van der Waals surface area contributed by atoms with Crippen molar-refractivity contribution >= 4 is 16.1 Å². The van der Waals surface area contributed by atoms with Crippen LogP contribution in [0.15, 0.2) is 17.0 Å². The van der Waals surface area contributed by atoms with Gasteiger partial charge < -0.3 is 4.74 Å². The van der Waals surface area contributed by atoms with Gasteiger partial charge in [0.1, 0.15) is 5.60 Å². The molecule has 0 bridgehead atoms. The van der Waals surface area contributed by atoms with E-state index in [2.05, 4.69) is 0 Å². The lowest BCUT2D eigenvalue weighted by molar-refractivity contribution is 0.0390. The minimum absolute atomic E-state index is 0.0996. The monoisotopic (exact) mass is 366 g/mol. The Labute approximate surface area is 150 Å². The molecule has 1 aromatic rings. The standard InChI is InChI=1S/C18H26N2O4S/c1-13-11-14(2)16(15(3)12-13)25(22,23)20(10-8-7-9-19)17(21)24-18(4,5)6/h11-12H,7-8,10H2,1-6H3. The Kier molecular flexibility index (Phi) is 6.61. The Morgan fingerprint density at radius 3 is 2.16 bits per heavy atom. The summed E-state index contributed by atoms with van der Waals surface area (Å²) in [5, 5.41) is 8.71. The van der Waals surface area contributed by atoms with E-state index in [1.807, 2.05) is 13.0 Å². The molecule has 0 unspecified atom stereocenters. The zero-order valence-electron chi connectivity index (χ0n) is 15.7. The van der Waals surface area contributed by atoms with Crippen LogP contribution in [0.2, 0.25) is 0 Å². The fourth-order valence-electron chi connectivity index (χ4n) is 2.61. The maximum Gasteiger partial charge on any atom is 0.424 e. The lowest BCUT2D eigenvalue weighted by Gasteiger charge is -2.28. The first kappa shape index (κ1) is 21.0. The van der Waals surface area contributed by atoms with Gasteiger partial charge in [0, 0.05) is 13.0 Å². The van der Waals surface area contributed by atoms with Gasteiger partial charge >= 0.3 is 6.09 Å². The smallest absolute Gasteiger partial charge is 0.424 e. The number of aryl methyl sites for hydroxylation is 3. The number of sulfonamides is 1. The summed E-state index contributed by atoms with van der Waals surface area (Å²) >= 11 is 0. The van der Waals surface area contributed by atoms with Crippen molar-refractivity contribution in [2.45, 2.75) is 64.9 Å². The van der Waals surface area contributed by atoms with E-state index in [1.54, 1.807) is 46.8 Å². The average Bonchev–Trinajstić information content (AvgIpc) is 2.39. The summed E-state index contributed by atoms with van der Waals surface area (Å²) < 4.78 is 32.3. The summed E-state index contributed by atoms with van der Waals surface area (Å²) in [4.78, 5) is 12.6. The number of carbonyl (C=O) groups excluding carboxylic acids is 1. The van der Waals surface area contributed by atoms with E-state index in [0.29, 0.717) is 11.1 Å². The molecule has 25 heavy (non-hydrogen) atoms. The van der Waals surface area contributed by atoms with E-state index in [4.69, 9.17) is 10.00 Å². The number of hydrogen-bond acceptors (Lipinski definition) is 5. The fraction of sp³-hybridized carbons (Fsp3) is 0.556. The highest BCUT2D eigenvalue weighted by atomic mass is 32.2. The first-order valence-electron chi connectivity index (χ1n) is 8.10. The van der Waals surface area contributed by atoms with E-state index in [0.717, 1.165) is 9.87 Å². The zero-order chi connectivity index (χ0) is 19.4.